The summed E-state index contributed by atoms with van der Waals surface area (Å²) in [6.45, 7) is 1.13. The largest absolute Gasteiger partial charge is 0.491 e. The summed E-state index contributed by atoms with van der Waals surface area (Å²) >= 11 is 3.17. The van der Waals surface area contributed by atoms with Gasteiger partial charge < -0.3 is 14.6 Å². The molecule has 1 atom stereocenters. The molecule has 2 aromatic rings. The SMILES string of the molecule is O=C(N[C@H]1COc2cc(F)c(Br)cc21)c1cnc2n1CCCC2. The van der Waals surface area contributed by atoms with Gasteiger partial charge in [0, 0.05) is 24.6 Å². The average molecular weight is 380 g/mol. The number of carbonyl (C=O) groups excluding carboxylic acids is 1. The van der Waals surface area contributed by atoms with Crippen LogP contribution in [0.25, 0.3) is 0 Å². The number of hydrogen-bond acceptors (Lipinski definition) is 3. The topological polar surface area (TPSA) is 56.1 Å². The van der Waals surface area contributed by atoms with Crippen molar-refractivity contribution in [1.82, 2.24) is 14.9 Å². The number of aromatic nitrogens is 2. The molecule has 120 valence electrons. The van der Waals surface area contributed by atoms with Crippen LogP contribution in [0.4, 0.5) is 4.39 Å². The Labute approximate surface area is 141 Å². The zero-order valence-corrected chi connectivity index (χ0v) is 13.9. The lowest BCUT2D eigenvalue weighted by atomic mass is 10.1. The van der Waals surface area contributed by atoms with Crippen molar-refractivity contribution in [3.63, 3.8) is 0 Å². The zero-order chi connectivity index (χ0) is 16.0. The smallest absolute Gasteiger partial charge is 0.270 e. The summed E-state index contributed by atoms with van der Waals surface area (Å²) in [5.74, 6) is 0.897. The number of benzene rings is 1. The molecule has 5 nitrogen and oxygen atoms in total. The molecule has 1 N–H and O–H groups in total. The van der Waals surface area contributed by atoms with Crippen LogP contribution in [0.3, 0.4) is 0 Å². The number of halogens is 2. The van der Waals surface area contributed by atoms with Crippen molar-refractivity contribution in [3.8, 4) is 5.75 Å². The number of aryl methyl sites for hydroxylation is 1. The number of fused-ring (bicyclic) bond motifs is 2. The summed E-state index contributed by atoms with van der Waals surface area (Å²) in [6, 6.07) is 2.71. The predicted molar refractivity (Wildman–Crippen MR) is 85.0 cm³/mol. The molecular formula is C16H15BrFN3O2. The van der Waals surface area contributed by atoms with Gasteiger partial charge in [-0.25, -0.2) is 9.37 Å². The van der Waals surface area contributed by atoms with Gasteiger partial charge in [0.15, 0.2) is 0 Å². The lowest BCUT2D eigenvalue weighted by Crippen LogP contribution is -2.31. The van der Waals surface area contributed by atoms with E-state index in [-0.39, 0.29) is 17.8 Å². The normalized spacial score (nSPS) is 19.0. The minimum atomic E-state index is -0.374. The number of nitrogens with zero attached hydrogens (tertiary/aromatic N) is 2. The van der Waals surface area contributed by atoms with Crippen molar-refractivity contribution < 1.29 is 13.9 Å². The van der Waals surface area contributed by atoms with Crippen molar-refractivity contribution in [1.29, 1.82) is 0 Å². The van der Waals surface area contributed by atoms with Crippen LogP contribution in [0.5, 0.6) is 5.75 Å². The van der Waals surface area contributed by atoms with E-state index in [1.807, 2.05) is 4.57 Å². The van der Waals surface area contributed by atoms with E-state index in [4.69, 9.17) is 4.74 Å². The van der Waals surface area contributed by atoms with Gasteiger partial charge in [0.25, 0.3) is 5.91 Å². The van der Waals surface area contributed by atoms with E-state index in [0.717, 1.165) is 37.2 Å². The molecule has 0 fully saturated rings. The summed E-state index contributed by atoms with van der Waals surface area (Å²) < 4.78 is 21.4. The molecule has 7 heteroatoms. The van der Waals surface area contributed by atoms with Gasteiger partial charge in [-0.15, -0.1) is 0 Å². The van der Waals surface area contributed by atoms with Gasteiger partial charge in [-0.2, -0.15) is 0 Å². The maximum atomic E-state index is 13.5. The van der Waals surface area contributed by atoms with Crippen molar-refractivity contribution in [3.05, 3.63) is 45.7 Å². The molecule has 0 saturated carbocycles. The first-order valence-electron chi connectivity index (χ1n) is 7.60. The monoisotopic (exact) mass is 379 g/mol. The second kappa shape index (κ2) is 5.63. The second-order valence-electron chi connectivity index (χ2n) is 5.81. The lowest BCUT2D eigenvalue weighted by molar-refractivity contribution is 0.0919. The fourth-order valence-electron chi connectivity index (χ4n) is 3.15. The summed E-state index contributed by atoms with van der Waals surface area (Å²) in [4.78, 5) is 16.9. The molecule has 2 aliphatic heterocycles. The maximum Gasteiger partial charge on any atom is 0.270 e. The van der Waals surface area contributed by atoms with Gasteiger partial charge in [0.05, 0.1) is 16.7 Å². The highest BCUT2D eigenvalue weighted by Gasteiger charge is 2.29. The van der Waals surface area contributed by atoms with Crippen molar-refractivity contribution in [2.24, 2.45) is 0 Å². The van der Waals surface area contributed by atoms with Crippen LogP contribution in [0.2, 0.25) is 0 Å². The summed E-state index contributed by atoms with van der Waals surface area (Å²) in [5, 5.41) is 2.97. The van der Waals surface area contributed by atoms with Gasteiger partial charge >= 0.3 is 0 Å². The third kappa shape index (κ3) is 2.52. The highest BCUT2D eigenvalue weighted by Crippen LogP contribution is 2.36. The third-order valence-electron chi connectivity index (χ3n) is 4.34. The van der Waals surface area contributed by atoms with Crippen molar-refractivity contribution in [2.75, 3.05) is 6.61 Å². The van der Waals surface area contributed by atoms with Gasteiger partial charge in [-0.05, 0) is 34.8 Å². The molecule has 0 unspecified atom stereocenters. The molecule has 23 heavy (non-hydrogen) atoms. The minimum Gasteiger partial charge on any atom is -0.491 e. The first-order chi connectivity index (χ1) is 11.1. The van der Waals surface area contributed by atoms with E-state index >= 15 is 0 Å². The molecule has 2 aliphatic rings. The molecule has 0 saturated heterocycles. The standard InChI is InChI=1S/C16H15BrFN3O2/c17-10-5-9-12(8-23-14(9)6-11(10)18)20-16(22)13-7-19-15-3-1-2-4-21(13)15/h5-7,12H,1-4,8H2,(H,20,22)/t12-/m0/s1. The molecule has 0 spiro atoms. The number of amides is 1. The third-order valence-corrected chi connectivity index (χ3v) is 4.95. The number of hydrogen-bond donors (Lipinski definition) is 1. The number of carbonyl (C=O) groups is 1. The van der Waals surface area contributed by atoms with Crippen LogP contribution in [0, 0.1) is 5.82 Å². The summed E-state index contributed by atoms with van der Waals surface area (Å²) in [6.07, 6.45) is 4.72. The van der Waals surface area contributed by atoms with Crippen molar-refractivity contribution >= 4 is 21.8 Å². The molecule has 4 rings (SSSR count). The zero-order valence-electron chi connectivity index (χ0n) is 12.3. The Kier molecular flexibility index (Phi) is 3.60. The maximum absolute atomic E-state index is 13.5. The van der Waals surface area contributed by atoms with E-state index in [1.54, 1.807) is 12.3 Å². The molecular weight excluding hydrogens is 365 g/mol. The summed E-state index contributed by atoms with van der Waals surface area (Å²) in [5.41, 5.74) is 1.36. The fourth-order valence-corrected chi connectivity index (χ4v) is 3.51. The van der Waals surface area contributed by atoms with Crippen LogP contribution in [0.15, 0.2) is 22.8 Å². The highest BCUT2D eigenvalue weighted by atomic mass is 79.9. The van der Waals surface area contributed by atoms with Crippen LogP contribution in [-0.2, 0) is 13.0 Å². The minimum absolute atomic E-state index is 0.174. The van der Waals surface area contributed by atoms with E-state index in [0.29, 0.717) is 22.5 Å². The Morgan fingerprint density at radius 1 is 1.43 bits per heavy atom. The first kappa shape index (κ1) is 14.7. The van der Waals surface area contributed by atoms with Gasteiger partial charge in [0.1, 0.15) is 29.7 Å². The molecule has 0 bridgehead atoms. The van der Waals surface area contributed by atoms with Gasteiger partial charge in [0.2, 0.25) is 0 Å². The Morgan fingerprint density at radius 2 is 2.30 bits per heavy atom. The summed E-state index contributed by atoms with van der Waals surface area (Å²) in [7, 11) is 0. The van der Waals surface area contributed by atoms with E-state index in [2.05, 4.69) is 26.2 Å². The number of ether oxygens (including phenoxy) is 1. The highest BCUT2D eigenvalue weighted by molar-refractivity contribution is 9.10. The van der Waals surface area contributed by atoms with Gasteiger partial charge in [-0.1, -0.05) is 0 Å². The average Bonchev–Trinajstić information content (AvgIpc) is 3.13. The van der Waals surface area contributed by atoms with Crippen molar-refractivity contribution in [2.45, 2.75) is 31.8 Å². The van der Waals surface area contributed by atoms with Gasteiger partial charge in [-0.3, -0.25) is 4.79 Å². The molecule has 0 aliphatic carbocycles. The van der Waals surface area contributed by atoms with E-state index in [9.17, 15) is 9.18 Å². The Balaban J connectivity index is 1.57. The molecule has 1 aromatic heterocycles. The fraction of sp³-hybridized carbons (Fsp3) is 0.375. The molecule has 1 amide bonds. The first-order valence-corrected chi connectivity index (χ1v) is 8.40. The van der Waals surface area contributed by atoms with E-state index in [1.165, 1.54) is 6.07 Å². The number of rotatable bonds is 2. The Hall–Kier alpha value is -1.89. The van der Waals surface area contributed by atoms with Crippen LogP contribution < -0.4 is 10.1 Å². The van der Waals surface area contributed by atoms with Crippen LogP contribution in [-0.4, -0.2) is 22.1 Å². The Bertz CT molecular complexity index is 790. The van der Waals surface area contributed by atoms with Crippen LogP contribution in [0.1, 0.15) is 40.8 Å². The molecule has 1 aromatic carbocycles. The second-order valence-corrected chi connectivity index (χ2v) is 6.66. The number of nitrogens with one attached hydrogen (secondary N) is 1. The number of imidazole rings is 1. The lowest BCUT2D eigenvalue weighted by Gasteiger charge is -2.17. The molecule has 0 radical (unpaired) electrons. The Morgan fingerprint density at radius 3 is 3.17 bits per heavy atom. The van der Waals surface area contributed by atoms with Crippen LogP contribution >= 0.6 is 15.9 Å². The predicted octanol–water partition coefficient (Wildman–Crippen LogP) is 2.98. The quantitative estimate of drug-likeness (QED) is 0.872. The van der Waals surface area contributed by atoms with E-state index < -0.39 is 0 Å². The molecule has 3 heterocycles.